The molecule has 0 saturated heterocycles. The summed E-state index contributed by atoms with van der Waals surface area (Å²) in [6, 6.07) is 16.5. The SMILES string of the molecule is O=C(CCc1nc(-c2ccc(Cl)cc2)no1)N(C1CC1)C1CCCc2ccccc21. The number of hydrogen-bond acceptors (Lipinski definition) is 4. The molecule has 1 fully saturated rings. The molecule has 0 spiro atoms. The van der Waals surface area contributed by atoms with E-state index in [1.807, 2.05) is 12.1 Å². The molecule has 5 rings (SSSR count). The van der Waals surface area contributed by atoms with Crippen LogP contribution in [0.1, 0.15) is 55.2 Å². The molecule has 0 N–H and O–H groups in total. The molecule has 154 valence electrons. The smallest absolute Gasteiger partial charge is 0.227 e. The first kappa shape index (κ1) is 19.3. The first-order chi connectivity index (χ1) is 14.7. The molecular weight excluding hydrogens is 398 g/mol. The Labute approximate surface area is 181 Å². The number of amides is 1. The van der Waals surface area contributed by atoms with Crippen LogP contribution >= 0.6 is 11.6 Å². The largest absolute Gasteiger partial charge is 0.339 e. The second-order valence-corrected chi connectivity index (χ2v) is 8.59. The minimum absolute atomic E-state index is 0.186. The van der Waals surface area contributed by atoms with E-state index in [0.29, 0.717) is 35.6 Å². The fourth-order valence-corrected chi connectivity index (χ4v) is 4.54. The van der Waals surface area contributed by atoms with Crippen molar-refractivity contribution in [3.05, 3.63) is 70.6 Å². The van der Waals surface area contributed by atoms with E-state index in [2.05, 4.69) is 39.3 Å². The van der Waals surface area contributed by atoms with Crippen molar-refractivity contribution in [2.75, 3.05) is 0 Å². The summed E-state index contributed by atoms with van der Waals surface area (Å²) < 4.78 is 5.39. The third kappa shape index (κ3) is 3.99. The van der Waals surface area contributed by atoms with Crippen molar-refractivity contribution in [1.29, 1.82) is 0 Å². The number of carbonyl (C=O) groups excluding carboxylic acids is 1. The Kier molecular flexibility index (Phi) is 5.30. The third-order valence-electron chi connectivity index (χ3n) is 6.03. The molecule has 1 atom stereocenters. The van der Waals surface area contributed by atoms with Crippen LogP contribution in [-0.4, -0.2) is 27.0 Å². The fraction of sp³-hybridized carbons (Fsp3) is 0.375. The minimum atomic E-state index is 0.186. The van der Waals surface area contributed by atoms with Gasteiger partial charge in [-0.05, 0) is 67.5 Å². The van der Waals surface area contributed by atoms with Gasteiger partial charge in [0.25, 0.3) is 0 Å². The van der Waals surface area contributed by atoms with E-state index in [9.17, 15) is 4.79 Å². The van der Waals surface area contributed by atoms with Crippen LogP contribution in [0.25, 0.3) is 11.4 Å². The standard InChI is InChI=1S/C24H24ClN3O2/c25-18-10-8-17(9-11-18)24-26-22(30-27-24)14-15-23(29)28(19-12-13-19)21-7-3-5-16-4-1-2-6-20(16)21/h1-2,4,6,8-11,19,21H,3,5,7,12-15H2. The van der Waals surface area contributed by atoms with E-state index in [4.69, 9.17) is 16.1 Å². The molecule has 3 aromatic rings. The Morgan fingerprint density at radius 1 is 1.10 bits per heavy atom. The van der Waals surface area contributed by atoms with Crippen LogP contribution in [0.3, 0.4) is 0 Å². The molecule has 6 heteroatoms. The monoisotopic (exact) mass is 421 g/mol. The molecule has 1 heterocycles. The number of carbonyl (C=O) groups is 1. The maximum atomic E-state index is 13.2. The van der Waals surface area contributed by atoms with E-state index >= 15 is 0 Å². The summed E-state index contributed by atoms with van der Waals surface area (Å²) in [5.41, 5.74) is 3.56. The second-order valence-electron chi connectivity index (χ2n) is 8.16. The Balaban J connectivity index is 1.28. The van der Waals surface area contributed by atoms with Gasteiger partial charge in [-0.3, -0.25) is 4.79 Å². The van der Waals surface area contributed by atoms with E-state index in [-0.39, 0.29) is 11.9 Å². The number of rotatable bonds is 6. The predicted octanol–water partition coefficient (Wildman–Crippen LogP) is 5.39. The van der Waals surface area contributed by atoms with Crippen molar-refractivity contribution in [2.45, 2.75) is 57.0 Å². The van der Waals surface area contributed by atoms with Crippen LogP contribution in [0, 0.1) is 0 Å². The first-order valence-electron chi connectivity index (χ1n) is 10.7. The molecule has 5 nitrogen and oxygen atoms in total. The topological polar surface area (TPSA) is 59.2 Å². The van der Waals surface area contributed by atoms with Crippen molar-refractivity contribution >= 4 is 17.5 Å². The molecule has 2 aromatic carbocycles. The van der Waals surface area contributed by atoms with Gasteiger partial charge in [-0.1, -0.05) is 41.0 Å². The van der Waals surface area contributed by atoms with Crippen LogP contribution in [-0.2, 0) is 17.6 Å². The molecule has 1 amide bonds. The summed E-state index contributed by atoms with van der Waals surface area (Å²) >= 11 is 5.94. The van der Waals surface area contributed by atoms with Gasteiger partial charge in [0, 0.05) is 29.5 Å². The zero-order chi connectivity index (χ0) is 20.5. The minimum Gasteiger partial charge on any atom is -0.339 e. The van der Waals surface area contributed by atoms with Gasteiger partial charge in [0.1, 0.15) is 0 Å². The van der Waals surface area contributed by atoms with Crippen LogP contribution in [0.15, 0.2) is 53.1 Å². The average molecular weight is 422 g/mol. The number of benzene rings is 2. The van der Waals surface area contributed by atoms with Gasteiger partial charge in [-0.25, -0.2) is 0 Å². The van der Waals surface area contributed by atoms with Gasteiger partial charge < -0.3 is 9.42 Å². The second kappa shape index (κ2) is 8.23. The van der Waals surface area contributed by atoms with E-state index in [1.165, 1.54) is 11.1 Å². The van der Waals surface area contributed by atoms with Gasteiger partial charge in [0.15, 0.2) is 0 Å². The Bertz CT molecular complexity index is 1040. The number of aryl methyl sites for hydroxylation is 2. The van der Waals surface area contributed by atoms with Crippen LogP contribution in [0.5, 0.6) is 0 Å². The molecule has 0 bridgehead atoms. The van der Waals surface area contributed by atoms with Crippen LogP contribution in [0.2, 0.25) is 5.02 Å². The molecule has 1 saturated carbocycles. The Morgan fingerprint density at radius 2 is 1.90 bits per heavy atom. The number of halogens is 1. The number of nitrogens with zero attached hydrogens (tertiary/aromatic N) is 3. The summed E-state index contributed by atoms with van der Waals surface area (Å²) in [7, 11) is 0. The van der Waals surface area contributed by atoms with Crippen molar-refractivity contribution < 1.29 is 9.32 Å². The molecule has 0 radical (unpaired) electrons. The van der Waals surface area contributed by atoms with Crippen LogP contribution < -0.4 is 0 Å². The first-order valence-corrected chi connectivity index (χ1v) is 11.0. The summed E-state index contributed by atoms with van der Waals surface area (Å²) in [4.78, 5) is 19.8. The molecule has 2 aliphatic rings. The molecular formula is C24H24ClN3O2. The lowest BCUT2D eigenvalue weighted by Crippen LogP contribution is -2.38. The highest BCUT2D eigenvalue weighted by molar-refractivity contribution is 6.30. The summed E-state index contributed by atoms with van der Waals surface area (Å²) in [5.74, 6) is 1.20. The van der Waals surface area contributed by atoms with Gasteiger partial charge in [0.05, 0.1) is 6.04 Å². The maximum absolute atomic E-state index is 13.2. The zero-order valence-corrected chi connectivity index (χ0v) is 17.5. The fourth-order valence-electron chi connectivity index (χ4n) is 4.42. The molecule has 1 unspecified atom stereocenters. The lowest BCUT2D eigenvalue weighted by molar-refractivity contribution is -0.134. The summed E-state index contributed by atoms with van der Waals surface area (Å²) in [6.45, 7) is 0. The van der Waals surface area contributed by atoms with E-state index in [1.54, 1.807) is 12.1 Å². The highest BCUT2D eigenvalue weighted by Crippen LogP contribution is 2.41. The molecule has 1 aromatic heterocycles. The lowest BCUT2D eigenvalue weighted by atomic mass is 9.86. The summed E-state index contributed by atoms with van der Waals surface area (Å²) in [6.07, 6.45) is 6.33. The van der Waals surface area contributed by atoms with Gasteiger partial charge in [0.2, 0.25) is 17.6 Å². The normalized spacial score (nSPS) is 18.1. The van der Waals surface area contributed by atoms with Crippen molar-refractivity contribution in [2.24, 2.45) is 0 Å². The predicted molar refractivity (Wildman–Crippen MR) is 115 cm³/mol. The Morgan fingerprint density at radius 3 is 2.70 bits per heavy atom. The number of aromatic nitrogens is 2. The zero-order valence-electron chi connectivity index (χ0n) is 16.8. The third-order valence-corrected chi connectivity index (χ3v) is 6.28. The van der Waals surface area contributed by atoms with Crippen LogP contribution in [0.4, 0.5) is 0 Å². The maximum Gasteiger partial charge on any atom is 0.227 e. The highest BCUT2D eigenvalue weighted by Gasteiger charge is 2.39. The van der Waals surface area contributed by atoms with Crippen molar-refractivity contribution in [3.8, 4) is 11.4 Å². The number of fused-ring (bicyclic) bond motifs is 1. The lowest BCUT2D eigenvalue weighted by Gasteiger charge is -2.36. The van der Waals surface area contributed by atoms with Crippen molar-refractivity contribution in [3.63, 3.8) is 0 Å². The quantitative estimate of drug-likeness (QED) is 0.535. The molecule has 30 heavy (non-hydrogen) atoms. The van der Waals surface area contributed by atoms with Gasteiger partial charge in [-0.2, -0.15) is 4.98 Å². The Hall–Kier alpha value is -2.66. The van der Waals surface area contributed by atoms with E-state index < -0.39 is 0 Å². The average Bonchev–Trinajstić information content (AvgIpc) is 3.49. The number of hydrogen-bond donors (Lipinski definition) is 0. The van der Waals surface area contributed by atoms with Gasteiger partial charge in [-0.15, -0.1) is 0 Å². The summed E-state index contributed by atoms with van der Waals surface area (Å²) in [5, 5.41) is 4.72. The molecule has 2 aliphatic carbocycles. The molecule has 0 aliphatic heterocycles. The van der Waals surface area contributed by atoms with Gasteiger partial charge >= 0.3 is 0 Å². The van der Waals surface area contributed by atoms with E-state index in [0.717, 1.165) is 37.7 Å². The highest BCUT2D eigenvalue weighted by atomic mass is 35.5. The van der Waals surface area contributed by atoms with Crippen molar-refractivity contribution in [1.82, 2.24) is 15.0 Å².